The van der Waals surface area contributed by atoms with Gasteiger partial charge in [0.2, 0.25) is 10.0 Å². The smallest absolute Gasteiger partial charge is 0.244 e. The predicted octanol–water partition coefficient (Wildman–Crippen LogP) is 1.96. The number of ether oxygens (including phenoxy) is 1. The molecule has 0 spiro atoms. The van der Waals surface area contributed by atoms with Gasteiger partial charge < -0.3 is 15.0 Å². The molecular weight excluding hydrogens is 378 g/mol. The molecule has 9 heteroatoms. The standard InChI is InChI=1S/C19H27N5O3S/c1-3-24(4-2)28(25,26)17-6-7-18(21-15-17)20-13-16-5-8-19(22-14-16)23-9-11-27-12-10-23/h5-8,14-15H,3-4,9-13H2,1-2H3,(H,20,21). The summed E-state index contributed by atoms with van der Waals surface area (Å²) in [5.41, 5.74) is 1.03. The quantitative estimate of drug-likeness (QED) is 0.718. The van der Waals surface area contributed by atoms with Gasteiger partial charge in [0.1, 0.15) is 16.5 Å². The number of aromatic nitrogens is 2. The maximum atomic E-state index is 12.5. The summed E-state index contributed by atoms with van der Waals surface area (Å²) < 4.78 is 31.8. The molecule has 1 fully saturated rings. The maximum absolute atomic E-state index is 12.5. The zero-order valence-electron chi connectivity index (χ0n) is 16.3. The van der Waals surface area contributed by atoms with Crippen LogP contribution in [0.2, 0.25) is 0 Å². The molecule has 0 aromatic carbocycles. The van der Waals surface area contributed by atoms with Crippen molar-refractivity contribution >= 4 is 21.7 Å². The highest BCUT2D eigenvalue weighted by molar-refractivity contribution is 7.89. The van der Waals surface area contributed by atoms with E-state index < -0.39 is 10.0 Å². The molecule has 0 saturated carbocycles. The summed E-state index contributed by atoms with van der Waals surface area (Å²) in [6.07, 6.45) is 3.24. The van der Waals surface area contributed by atoms with Crippen molar-refractivity contribution in [2.75, 3.05) is 49.6 Å². The molecule has 1 saturated heterocycles. The minimum absolute atomic E-state index is 0.207. The summed E-state index contributed by atoms with van der Waals surface area (Å²) in [7, 11) is -3.48. The van der Waals surface area contributed by atoms with Gasteiger partial charge in [0.25, 0.3) is 0 Å². The van der Waals surface area contributed by atoms with Crippen LogP contribution in [0.25, 0.3) is 0 Å². The second-order valence-corrected chi connectivity index (χ2v) is 8.38. The first-order valence-electron chi connectivity index (χ1n) is 9.52. The van der Waals surface area contributed by atoms with Gasteiger partial charge in [-0.2, -0.15) is 4.31 Å². The molecule has 1 aliphatic heterocycles. The van der Waals surface area contributed by atoms with Crippen molar-refractivity contribution < 1.29 is 13.2 Å². The summed E-state index contributed by atoms with van der Waals surface area (Å²) >= 11 is 0. The number of morpholine rings is 1. The van der Waals surface area contributed by atoms with Crippen molar-refractivity contribution in [3.63, 3.8) is 0 Å². The topological polar surface area (TPSA) is 87.7 Å². The number of hydrogen-bond donors (Lipinski definition) is 1. The van der Waals surface area contributed by atoms with E-state index in [2.05, 4.69) is 20.2 Å². The molecule has 0 radical (unpaired) electrons. The summed E-state index contributed by atoms with van der Waals surface area (Å²) in [4.78, 5) is 11.2. The molecule has 0 aliphatic carbocycles. The second kappa shape index (κ2) is 9.31. The van der Waals surface area contributed by atoms with Crippen LogP contribution in [-0.4, -0.2) is 62.1 Å². The zero-order chi connectivity index (χ0) is 20.0. The Morgan fingerprint density at radius 3 is 2.39 bits per heavy atom. The average Bonchev–Trinajstić information content (AvgIpc) is 2.74. The van der Waals surface area contributed by atoms with Crippen LogP contribution >= 0.6 is 0 Å². The van der Waals surface area contributed by atoms with E-state index in [1.165, 1.54) is 10.5 Å². The van der Waals surface area contributed by atoms with E-state index >= 15 is 0 Å². The number of anilines is 2. The van der Waals surface area contributed by atoms with Gasteiger partial charge in [-0.3, -0.25) is 0 Å². The molecule has 28 heavy (non-hydrogen) atoms. The van der Waals surface area contributed by atoms with Crippen molar-refractivity contribution in [2.24, 2.45) is 0 Å². The largest absolute Gasteiger partial charge is 0.378 e. The molecule has 152 valence electrons. The van der Waals surface area contributed by atoms with Gasteiger partial charge in [-0.05, 0) is 23.8 Å². The second-order valence-electron chi connectivity index (χ2n) is 6.45. The Bertz CT molecular complexity index is 846. The van der Waals surface area contributed by atoms with E-state index in [0.717, 1.165) is 37.7 Å². The summed E-state index contributed by atoms with van der Waals surface area (Å²) in [6, 6.07) is 7.31. The predicted molar refractivity (Wildman–Crippen MR) is 109 cm³/mol. The molecule has 1 N–H and O–H groups in total. The van der Waals surface area contributed by atoms with Crippen LogP contribution in [0.15, 0.2) is 41.6 Å². The molecular formula is C19H27N5O3S. The number of pyridine rings is 2. The lowest BCUT2D eigenvalue weighted by Crippen LogP contribution is -2.36. The van der Waals surface area contributed by atoms with Crippen molar-refractivity contribution in [3.8, 4) is 0 Å². The molecule has 1 aliphatic rings. The lowest BCUT2D eigenvalue weighted by molar-refractivity contribution is 0.122. The van der Waals surface area contributed by atoms with Crippen LogP contribution in [0, 0.1) is 0 Å². The molecule has 8 nitrogen and oxygen atoms in total. The fraction of sp³-hybridized carbons (Fsp3) is 0.474. The summed E-state index contributed by atoms with van der Waals surface area (Å²) in [5, 5.41) is 3.20. The highest BCUT2D eigenvalue weighted by atomic mass is 32.2. The number of rotatable bonds is 8. The van der Waals surface area contributed by atoms with Gasteiger partial charge >= 0.3 is 0 Å². The van der Waals surface area contributed by atoms with E-state index in [9.17, 15) is 8.42 Å². The van der Waals surface area contributed by atoms with E-state index in [1.807, 2.05) is 32.2 Å². The van der Waals surface area contributed by atoms with Crippen LogP contribution in [0.3, 0.4) is 0 Å². The fourth-order valence-electron chi connectivity index (χ4n) is 3.04. The van der Waals surface area contributed by atoms with E-state index in [-0.39, 0.29) is 4.90 Å². The monoisotopic (exact) mass is 405 g/mol. The Morgan fingerprint density at radius 2 is 1.82 bits per heavy atom. The minimum atomic E-state index is -3.48. The molecule has 0 amide bonds. The van der Waals surface area contributed by atoms with Crippen molar-refractivity contribution in [1.29, 1.82) is 0 Å². The van der Waals surface area contributed by atoms with E-state index in [1.54, 1.807) is 12.1 Å². The minimum Gasteiger partial charge on any atom is -0.378 e. The van der Waals surface area contributed by atoms with Gasteiger partial charge in [-0.1, -0.05) is 19.9 Å². The van der Waals surface area contributed by atoms with E-state index in [0.29, 0.717) is 25.5 Å². The van der Waals surface area contributed by atoms with Crippen molar-refractivity contribution in [2.45, 2.75) is 25.3 Å². The lowest BCUT2D eigenvalue weighted by Gasteiger charge is -2.27. The molecule has 0 atom stereocenters. The number of nitrogens with zero attached hydrogens (tertiary/aromatic N) is 4. The first kappa shape index (κ1) is 20.5. The van der Waals surface area contributed by atoms with E-state index in [4.69, 9.17) is 4.74 Å². The summed E-state index contributed by atoms with van der Waals surface area (Å²) in [6.45, 7) is 8.26. The molecule has 3 heterocycles. The highest BCUT2D eigenvalue weighted by Crippen LogP contribution is 2.17. The Labute approximate surface area is 166 Å². The van der Waals surface area contributed by atoms with Gasteiger partial charge in [-0.15, -0.1) is 0 Å². The van der Waals surface area contributed by atoms with Crippen molar-refractivity contribution in [1.82, 2.24) is 14.3 Å². The Morgan fingerprint density at radius 1 is 1.07 bits per heavy atom. The fourth-order valence-corrected chi connectivity index (χ4v) is 4.45. The molecule has 2 aromatic heterocycles. The Kier molecular flexibility index (Phi) is 6.82. The van der Waals surface area contributed by atoms with Gasteiger partial charge in [0.15, 0.2) is 0 Å². The molecule has 2 aromatic rings. The van der Waals surface area contributed by atoms with Gasteiger partial charge in [0, 0.05) is 45.1 Å². The first-order chi connectivity index (χ1) is 13.5. The maximum Gasteiger partial charge on any atom is 0.244 e. The normalized spacial score (nSPS) is 15.0. The van der Waals surface area contributed by atoms with Crippen LogP contribution in [0.4, 0.5) is 11.6 Å². The lowest BCUT2D eigenvalue weighted by atomic mass is 10.2. The number of nitrogens with one attached hydrogen (secondary N) is 1. The highest BCUT2D eigenvalue weighted by Gasteiger charge is 2.21. The zero-order valence-corrected chi connectivity index (χ0v) is 17.2. The van der Waals surface area contributed by atoms with Crippen LogP contribution in [-0.2, 0) is 21.3 Å². The molecule has 0 bridgehead atoms. The van der Waals surface area contributed by atoms with Gasteiger partial charge in [0.05, 0.1) is 13.2 Å². The van der Waals surface area contributed by atoms with Crippen LogP contribution in [0.5, 0.6) is 0 Å². The Balaban J connectivity index is 1.59. The third kappa shape index (κ3) is 4.78. The average molecular weight is 406 g/mol. The SMILES string of the molecule is CCN(CC)S(=O)(=O)c1ccc(NCc2ccc(N3CCOCC3)nc2)nc1. The van der Waals surface area contributed by atoms with Crippen LogP contribution in [0.1, 0.15) is 19.4 Å². The first-order valence-corrected chi connectivity index (χ1v) is 11.0. The number of sulfonamides is 1. The molecule has 3 rings (SSSR count). The molecule has 0 unspecified atom stereocenters. The third-order valence-corrected chi connectivity index (χ3v) is 6.73. The third-order valence-electron chi connectivity index (χ3n) is 4.70. The summed E-state index contributed by atoms with van der Waals surface area (Å²) in [5.74, 6) is 1.58. The number of hydrogen-bond acceptors (Lipinski definition) is 7. The van der Waals surface area contributed by atoms with Gasteiger partial charge in [-0.25, -0.2) is 18.4 Å². The van der Waals surface area contributed by atoms with Crippen molar-refractivity contribution in [3.05, 3.63) is 42.2 Å². The van der Waals surface area contributed by atoms with Crippen LogP contribution < -0.4 is 10.2 Å². The Hall–Kier alpha value is -2.23.